The smallest absolute Gasteiger partial charge is 0.161 e. The average Bonchev–Trinajstić information content (AvgIpc) is 3.62. The normalized spacial score (nSPS) is 14.5. The van der Waals surface area contributed by atoms with Gasteiger partial charge in [0, 0.05) is 55.1 Å². The number of pyridine rings is 1. The van der Waals surface area contributed by atoms with Gasteiger partial charge in [0.25, 0.3) is 0 Å². The van der Waals surface area contributed by atoms with E-state index in [2.05, 4.69) is 153 Å². The molecule has 0 saturated heterocycles. The summed E-state index contributed by atoms with van der Waals surface area (Å²) in [5, 5.41) is 5.38. The lowest BCUT2D eigenvalue weighted by molar-refractivity contribution is 0.660. The summed E-state index contributed by atoms with van der Waals surface area (Å²) in [5.41, 5.74) is 17.4. The van der Waals surface area contributed by atoms with Gasteiger partial charge in [-0.05, 0) is 52.6 Å². The molecule has 3 heterocycles. The van der Waals surface area contributed by atoms with E-state index in [9.17, 15) is 0 Å². The second kappa shape index (κ2) is 11.9. The van der Waals surface area contributed by atoms with E-state index >= 15 is 0 Å². The lowest BCUT2D eigenvalue weighted by Gasteiger charge is -2.21. The van der Waals surface area contributed by atoms with Gasteiger partial charge in [0.05, 0.1) is 22.5 Å². The Morgan fingerprint density at radius 2 is 1.24 bits per heavy atom. The van der Waals surface area contributed by atoms with Crippen LogP contribution in [0.2, 0.25) is 0 Å². The van der Waals surface area contributed by atoms with Gasteiger partial charge in [0.2, 0.25) is 0 Å². The van der Waals surface area contributed by atoms with Gasteiger partial charge in [0.1, 0.15) is 16.9 Å². The highest BCUT2D eigenvalue weighted by molar-refractivity contribution is 6.29. The molecule has 0 bridgehead atoms. The van der Waals surface area contributed by atoms with E-state index in [-0.39, 0.29) is 5.41 Å². The third-order valence-electron chi connectivity index (χ3n) is 11.3. The van der Waals surface area contributed by atoms with E-state index in [0.717, 1.165) is 77.3 Å². The van der Waals surface area contributed by atoms with Gasteiger partial charge >= 0.3 is 0 Å². The topological polar surface area (TPSA) is 50.8 Å². The van der Waals surface area contributed by atoms with Crippen LogP contribution in [0.15, 0.2) is 184 Å². The Kier molecular flexibility index (Phi) is 6.82. The first-order valence-electron chi connectivity index (χ1n) is 18.7. The van der Waals surface area contributed by atoms with E-state index in [0.29, 0.717) is 11.5 Å². The minimum Gasteiger partial charge on any atom is -0.455 e. The van der Waals surface area contributed by atoms with Crippen molar-refractivity contribution in [2.24, 2.45) is 9.98 Å². The Labute approximate surface area is 318 Å². The van der Waals surface area contributed by atoms with Gasteiger partial charge in [-0.1, -0.05) is 147 Å². The third kappa shape index (κ3) is 4.82. The molecule has 0 N–H and O–H groups in total. The summed E-state index contributed by atoms with van der Waals surface area (Å²) in [6.07, 6.45) is 1.95. The number of benzene rings is 7. The van der Waals surface area contributed by atoms with Crippen LogP contribution >= 0.6 is 0 Å². The molecule has 55 heavy (non-hydrogen) atoms. The molecule has 258 valence electrons. The molecule has 0 saturated carbocycles. The van der Waals surface area contributed by atoms with Crippen molar-refractivity contribution in [1.82, 2.24) is 4.98 Å². The summed E-state index contributed by atoms with van der Waals surface area (Å²) in [6.45, 7) is 4.60. The number of amidine groups is 1. The first-order valence-corrected chi connectivity index (χ1v) is 18.7. The zero-order valence-electron chi connectivity index (χ0n) is 30.3. The largest absolute Gasteiger partial charge is 0.455 e. The van der Waals surface area contributed by atoms with Crippen LogP contribution < -0.4 is 0 Å². The molecule has 0 unspecified atom stereocenters. The third-order valence-corrected chi connectivity index (χ3v) is 11.3. The van der Waals surface area contributed by atoms with Gasteiger partial charge in [-0.2, -0.15) is 0 Å². The summed E-state index contributed by atoms with van der Waals surface area (Å²) in [5.74, 6) is 0.628. The number of aliphatic imine (C=N–C) groups is 2. The van der Waals surface area contributed by atoms with Crippen molar-refractivity contribution < 1.29 is 4.42 Å². The summed E-state index contributed by atoms with van der Waals surface area (Å²) in [4.78, 5) is 15.7. The van der Waals surface area contributed by atoms with Crippen molar-refractivity contribution in [3.63, 3.8) is 0 Å². The number of hydrogen-bond acceptors (Lipinski definition) is 4. The van der Waals surface area contributed by atoms with E-state index in [1.165, 1.54) is 22.3 Å². The summed E-state index contributed by atoms with van der Waals surface area (Å²) < 4.78 is 6.85. The Bertz CT molecular complexity index is 3200. The van der Waals surface area contributed by atoms with Gasteiger partial charge < -0.3 is 4.42 Å². The van der Waals surface area contributed by atoms with Crippen molar-refractivity contribution in [3.8, 4) is 22.4 Å². The fourth-order valence-electron chi connectivity index (χ4n) is 8.66. The quantitative estimate of drug-likeness (QED) is 0.135. The van der Waals surface area contributed by atoms with Gasteiger partial charge in [-0.25, -0.2) is 15.0 Å². The molecular formula is C51H33N3O. The number of aromatic nitrogens is 1. The molecule has 4 heteroatoms. The molecule has 0 atom stereocenters. The predicted molar refractivity (Wildman–Crippen MR) is 227 cm³/mol. The second-order valence-electron chi connectivity index (χ2n) is 14.9. The number of allylic oxidation sites excluding steroid dienone is 1. The van der Waals surface area contributed by atoms with Crippen LogP contribution in [0.4, 0.5) is 0 Å². The molecule has 2 aliphatic rings. The highest BCUT2D eigenvalue weighted by Gasteiger charge is 2.35. The fraction of sp³-hybridized carbons (Fsp3) is 0.0588. The lowest BCUT2D eigenvalue weighted by Crippen LogP contribution is -2.15. The number of fused-ring (bicyclic) bond motifs is 10. The molecule has 1 aliphatic heterocycles. The van der Waals surface area contributed by atoms with Crippen LogP contribution in [0.5, 0.6) is 0 Å². The molecule has 7 aromatic carbocycles. The number of furan rings is 1. The van der Waals surface area contributed by atoms with Crippen LogP contribution in [0.1, 0.15) is 41.7 Å². The molecule has 0 spiro atoms. The van der Waals surface area contributed by atoms with Crippen LogP contribution in [-0.4, -0.2) is 16.5 Å². The first-order chi connectivity index (χ1) is 27.0. The number of nitrogens with zero attached hydrogens (tertiary/aromatic N) is 3. The van der Waals surface area contributed by atoms with Gasteiger partial charge in [-0.3, -0.25) is 0 Å². The Morgan fingerprint density at radius 3 is 2.09 bits per heavy atom. The minimum absolute atomic E-state index is 0.0921. The maximum Gasteiger partial charge on any atom is 0.161 e. The van der Waals surface area contributed by atoms with Gasteiger partial charge in [0.15, 0.2) is 5.84 Å². The average molecular weight is 704 g/mol. The molecular weight excluding hydrogens is 671 g/mol. The molecule has 11 rings (SSSR count). The molecule has 4 nitrogen and oxygen atoms in total. The van der Waals surface area contributed by atoms with Crippen LogP contribution in [0, 0.1) is 0 Å². The maximum absolute atomic E-state index is 6.85. The van der Waals surface area contributed by atoms with E-state index in [1.807, 2.05) is 30.3 Å². The molecule has 0 fully saturated rings. The zero-order chi connectivity index (χ0) is 36.7. The Hall–Kier alpha value is -7.13. The first kappa shape index (κ1) is 31.4. The van der Waals surface area contributed by atoms with Crippen molar-refractivity contribution in [2.75, 3.05) is 0 Å². The Morgan fingerprint density at radius 1 is 0.527 bits per heavy atom. The maximum atomic E-state index is 6.85. The number of para-hydroxylation sites is 2. The van der Waals surface area contributed by atoms with E-state index < -0.39 is 0 Å². The van der Waals surface area contributed by atoms with Crippen molar-refractivity contribution >= 4 is 60.9 Å². The molecule has 0 amide bonds. The predicted octanol–water partition coefficient (Wildman–Crippen LogP) is 12.7. The van der Waals surface area contributed by atoms with Crippen LogP contribution in [0.3, 0.4) is 0 Å². The van der Waals surface area contributed by atoms with E-state index in [4.69, 9.17) is 19.4 Å². The lowest BCUT2D eigenvalue weighted by atomic mass is 9.82. The zero-order valence-corrected chi connectivity index (χ0v) is 30.3. The van der Waals surface area contributed by atoms with E-state index in [1.54, 1.807) is 0 Å². The van der Waals surface area contributed by atoms with Crippen LogP contribution in [0.25, 0.3) is 71.7 Å². The molecule has 2 aromatic heterocycles. The van der Waals surface area contributed by atoms with Crippen molar-refractivity contribution in [1.29, 1.82) is 0 Å². The summed E-state index contributed by atoms with van der Waals surface area (Å²) in [7, 11) is 0. The second-order valence-corrected chi connectivity index (χ2v) is 14.9. The van der Waals surface area contributed by atoms with Crippen LogP contribution in [-0.2, 0) is 5.41 Å². The minimum atomic E-state index is -0.0921. The number of rotatable bonds is 4. The molecule has 1 aliphatic carbocycles. The van der Waals surface area contributed by atoms with Gasteiger partial charge in [-0.15, -0.1) is 0 Å². The SMILES string of the molecule is CC1(C)c2ccccc2-c2cc(C3=NC(c4cccc5c4oc4ccc6c(-c7ccccc7)nc7ccccc7c6c45)=C=CC(c4ccccc4)=N3)ccc21. The molecule has 9 aromatic rings. The number of hydrogen-bond donors (Lipinski definition) is 0. The highest BCUT2D eigenvalue weighted by Crippen LogP contribution is 2.49. The summed E-state index contributed by atoms with van der Waals surface area (Å²) in [6, 6.07) is 55.0. The summed E-state index contributed by atoms with van der Waals surface area (Å²) >= 11 is 0. The fourth-order valence-corrected chi connectivity index (χ4v) is 8.66. The van der Waals surface area contributed by atoms with Crippen molar-refractivity contribution in [2.45, 2.75) is 19.3 Å². The monoisotopic (exact) mass is 703 g/mol. The standard InChI is InChI=1S/C51H33N3O/c1-51(2)40-22-11-9-18-34(40)39-30-33(24-26-41(39)51)50-53-42(31-14-5-3-6-15-31)27-28-44(54-50)36-20-13-21-38-47-45(55-49(36)38)29-25-37-46(47)35-19-10-12-23-43(35)52-48(37)32-16-7-4-8-17-32/h3-27,29-30H,1-2H3. The molecule has 0 radical (unpaired) electrons. The van der Waals surface area contributed by atoms with Crippen molar-refractivity contribution in [3.05, 3.63) is 197 Å². The highest BCUT2D eigenvalue weighted by atomic mass is 16.3. The Balaban J connectivity index is 1.15.